The zero-order chi connectivity index (χ0) is 11.4. The maximum Gasteiger partial charge on any atom is 0.133 e. The van der Waals surface area contributed by atoms with Gasteiger partial charge >= 0.3 is 0 Å². The highest BCUT2D eigenvalue weighted by Gasteiger charge is 2.22. The predicted molar refractivity (Wildman–Crippen MR) is 64.1 cm³/mol. The lowest BCUT2D eigenvalue weighted by atomic mass is 10.1. The third-order valence-corrected chi connectivity index (χ3v) is 3.71. The largest absolute Gasteiger partial charge is 0.321 e. The smallest absolute Gasteiger partial charge is 0.133 e. The third kappa shape index (κ3) is 2.82. The van der Waals surface area contributed by atoms with E-state index >= 15 is 0 Å². The molecular formula is C12H22N4. The second kappa shape index (κ2) is 5.43. The molecule has 0 spiro atoms. The number of aromatic nitrogens is 3. The summed E-state index contributed by atoms with van der Waals surface area (Å²) in [5, 5.41) is 11.6. The van der Waals surface area contributed by atoms with Crippen molar-refractivity contribution in [2.24, 2.45) is 13.0 Å². The molecule has 2 atom stereocenters. The molecule has 1 fully saturated rings. The first-order valence-corrected chi connectivity index (χ1v) is 6.35. The van der Waals surface area contributed by atoms with Crippen LogP contribution < -0.4 is 5.32 Å². The third-order valence-electron chi connectivity index (χ3n) is 3.71. The number of nitrogens with one attached hydrogen (secondary N) is 1. The molecule has 1 N–H and O–H groups in total. The van der Waals surface area contributed by atoms with Gasteiger partial charge in [0.1, 0.15) is 12.2 Å². The fourth-order valence-electron chi connectivity index (χ4n) is 2.55. The molecule has 0 bridgehead atoms. The first kappa shape index (κ1) is 11.6. The van der Waals surface area contributed by atoms with Crippen LogP contribution in [0.15, 0.2) is 6.33 Å². The van der Waals surface area contributed by atoms with Crippen LogP contribution in [0.2, 0.25) is 0 Å². The highest BCUT2D eigenvalue weighted by molar-refractivity contribution is 4.86. The molecule has 0 saturated heterocycles. The average Bonchev–Trinajstić information content (AvgIpc) is 2.89. The molecule has 1 aliphatic carbocycles. The molecule has 1 aromatic rings. The van der Waals surface area contributed by atoms with Crippen LogP contribution in [-0.4, -0.2) is 27.4 Å². The molecule has 0 radical (unpaired) electrons. The van der Waals surface area contributed by atoms with Gasteiger partial charge in [-0.15, -0.1) is 10.2 Å². The second-order valence-electron chi connectivity index (χ2n) is 4.85. The van der Waals surface area contributed by atoms with E-state index in [1.807, 2.05) is 11.6 Å². The van der Waals surface area contributed by atoms with Crippen molar-refractivity contribution in [1.29, 1.82) is 0 Å². The van der Waals surface area contributed by atoms with Crippen molar-refractivity contribution in [3.63, 3.8) is 0 Å². The second-order valence-corrected chi connectivity index (χ2v) is 4.85. The molecule has 1 aliphatic rings. The summed E-state index contributed by atoms with van der Waals surface area (Å²) in [6, 6.07) is 0.734. The predicted octanol–water partition coefficient (Wildman–Crippen LogP) is 1.53. The van der Waals surface area contributed by atoms with E-state index < -0.39 is 0 Å². The SMILES string of the molecule is CCC1CCC(NCCc2nncn2C)C1. The Morgan fingerprint density at radius 2 is 2.38 bits per heavy atom. The summed E-state index contributed by atoms with van der Waals surface area (Å²) in [6.45, 7) is 3.32. The summed E-state index contributed by atoms with van der Waals surface area (Å²) in [7, 11) is 2.00. The first-order chi connectivity index (χ1) is 7.79. The molecule has 2 rings (SSSR count). The number of rotatable bonds is 5. The Bertz CT molecular complexity index is 321. The molecule has 1 saturated carbocycles. The summed E-state index contributed by atoms with van der Waals surface area (Å²) in [6.07, 6.45) is 8.17. The fraction of sp³-hybridized carbons (Fsp3) is 0.833. The zero-order valence-electron chi connectivity index (χ0n) is 10.3. The standard InChI is InChI=1S/C12H22N4/c1-3-10-4-5-11(8-10)13-7-6-12-15-14-9-16(12)2/h9-11,13H,3-8H2,1-2H3. The van der Waals surface area contributed by atoms with E-state index in [0.29, 0.717) is 0 Å². The Labute approximate surface area is 97.5 Å². The van der Waals surface area contributed by atoms with Gasteiger partial charge in [-0.05, 0) is 25.2 Å². The van der Waals surface area contributed by atoms with Crippen LogP contribution in [0, 0.1) is 5.92 Å². The number of hydrogen-bond donors (Lipinski definition) is 1. The highest BCUT2D eigenvalue weighted by Crippen LogP contribution is 2.27. The summed E-state index contributed by atoms with van der Waals surface area (Å²) in [5.41, 5.74) is 0. The van der Waals surface area contributed by atoms with Gasteiger partial charge < -0.3 is 9.88 Å². The van der Waals surface area contributed by atoms with Gasteiger partial charge in [-0.1, -0.05) is 13.3 Å². The van der Waals surface area contributed by atoms with Crippen molar-refractivity contribution in [3.05, 3.63) is 12.2 Å². The molecule has 1 aromatic heterocycles. The Balaban J connectivity index is 1.67. The molecule has 0 aromatic carbocycles. The van der Waals surface area contributed by atoms with Crippen molar-refractivity contribution < 1.29 is 0 Å². The van der Waals surface area contributed by atoms with Crippen LogP contribution in [0.25, 0.3) is 0 Å². The summed E-state index contributed by atoms with van der Waals surface area (Å²) < 4.78 is 1.99. The van der Waals surface area contributed by atoms with Crippen LogP contribution in [-0.2, 0) is 13.5 Å². The van der Waals surface area contributed by atoms with Crippen LogP contribution >= 0.6 is 0 Å². The Kier molecular flexibility index (Phi) is 3.93. The van der Waals surface area contributed by atoms with E-state index in [0.717, 1.165) is 30.7 Å². The van der Waals surface area contributed by atoms with Gasteiger partial charge in [-0.3, -0.25) is 0 Å². The van der Waals surface area contributed by atoms with Gasteiger partial charge in [0.2, 0.25) is 0 Å². The van der Waals surface area contributed by atoms with Crippen molar-refractivity contribution in [3.8, 4) is 0 Å². The van der Waals surface area contributed by atoms with Crippen LogP contribution in [0.4, 0.5) is 0 Å². The van der Waals surface area contributed by atoms with Crippen LogP contribution in [0.3, 0.4) is 0 Å². The fourth-order valence-corrected chi connectivity index (χ4v) is 2.55. The molecular weight excluding hydrogens is 200 g/mol. The molecule has 1 heterocycles. The highest BCUT2D eigenvalue weighted by atomic mass is 15.2. The van der Waals surface area contributed by atoms with E-state index in [1.165, 1.54) is 25.7 Å². The Morgan fingerprint density at radius 1 is 1.50 bits per heavy atom. The monoisotopic (exact) mass is 222 g/mol. The molecule has 90 valence electrons. The Hall–Kier alpha value is -0.900. The normalized spacial score (nSPS) is 25.1. The number of nitrogens with zero attached hydrogens (tertiary/aromatic N) is 3. The number of aryl methyl sites for hydroxylation is 1. The quantitative estimate of drug-likeness (QED) is 0.821. The lowest BCUT2D eigenvalue weighted by molar-refractivity contribution is 0.476. The van der Waals surface area contributed by atoms with E-state index in [4.69, 9.17) is 0 Å². The zero-order valence-corrected chi connectivity index (χ0v) is 10.3. The van der Waals surface area contributed by atoms with Gasteiger partial charge in [0.25, 0.3) is 0 Å². The molecule has 16 heavy (non-hydrogen) atoms. The van der Waals surface area contributed by atoms with E-state index in [-0.39, 0.29) is 0 Å². The van der Waals surface area contributed by atoms with E-state index in [9.17, 15) is 0 Å². The maximum absolute atomic E-state index is 4.08. The Morgan fingerprint density at radius 3 is 3.00 bits per heavy atom. The van der Waals surface area contributed by atoms with Gasteiger partial charge in [0.05, 0.1) is 0 Å². The van der Waals surface area contributed by atoms with Crippen molar-refractivity contribution in [2.45, 2.75) is 45.1 Å². The van der Waals surface area contributed by atoms with Gasteiger partial charge in [0, 0.05) is 26.1 Å². The molecule has 4 nitrogen and oxygen atoms in total. The van der Waals surface area contributed by atoms with Crippen molar-refractivity contribution in [2.75, 3.05) is 6.54 Å². The van der Waals surface area contributed by atoms with Gasteiger partial charge in [0.15, 0.2) is 0 Å². The minimum atomic E-state index is 0.734. The molecule has 0 amide bonds. The summed E-state index contributed by atoms with van der Waals surface area (Å²) in [5.74, 6) is 2.02. The van der Waals surface area contributed by atoms with Gasteiger partial charge in [-0.25, -0.2) is 0 Å². The van der Waals surface area contributed by atoms with Crippen molar-refractivity contribution in [1.82, 2.24) is 20.1 Å². The summed E-state index contributed by atoms with van der Waals surface area (Å²) >= 11 is 0. The van der Waals surface area contributed by atoms with E-state index in [1.54, 1.807) is 6.33 Å². The average molecular weight is 222 g/mol. The lowest BCUT2D eigenvalue weighted by Crippen LogP contribution is -2.29. The van der Waals surface area contributed by atoms with Gasteiger partial charge in [-0.2, -0.15) is 0 Å². The first-order valence-electron chi connectivity index (χ1n) is 6.35. The lowest BCUT2D eigenvalue weighted by Gasteiger charge is -2.12. The minimum absolute atomic E-state index is 0.734. The van der Waals surface area contributed by atoms with Crippen LogP contribution in [0.1, 0.15) is 38.4 Å². The molecule has 2 unspecified atom stereocenters. The maximum atomic E-state index is 4.08. The summed E-state index contributed by atoms with van der Waals surface area (Å²) in [4.78, 5) is 0. The van der Waals surface area contributed by atoms with E-state index in [2.05, 4.69) is 22.4 Å². The van der Waals surface area contributed by atoms with Crippen LogP contribution in [0.5, 0.6) is 0 Å². The van der Waals surface area contributed by atoms with Crippen molar-refractivity contribution >= 4 is 0 Å². The molecule has 0 aliphatic heterocycles. The topological polar surface area (TPSA) is 42.7 Å². The molecule has 4 heteroatoms. The minimum Gasteiger partial charge on any atom is -0.321 e. The number of hydrogen-bond acceptors (Lipinski definition) is 3.